The van der Waals surface area contributed by atoms with Gasteiger partial charge in [-0.15, -0.1) is 0 Å². The smallest absolute Gasteiger partial charge is 0.126 e. The highest BCUT2D eigenvalue weighted by atomic mass is 79.9. The van der Waals surface area contributed by atoms with E-state index in [1.165, 1.54) is 27.5 Å². The van der Waals surface area contributed by atoms with Gasteiger partial charge < -0.3 is 0 Å². The Morgan fingerprint density at radius 3 is 2.27 bits per heavy atom. The second-order valence-electron chi connectivity index (χ2n) is 6.71. The van der Waals surface area contributed by atoms with E-state index in [-0.39, 0.29) is 0 Å². The van der Waals surface area contributed by atoms with Crippen LogP contribution in [0.4, 0.5) is 0 Å². The molecule has 5 rings (SSSR count). The lowest BCUT2D eigenvalue weighted by Gasteiger charge is -2.12. The number of aromatic nitrogens is 2. The van der Waals surface area contributed by atoms with Crippen molar-refractivity contribution in [3.63, 3.8) is 0 Å². The van der Waals surface area contributed by atoms with Gasteiger partial charge >= 0.3 is 0 Å². The molecule has 4 heteroatoms. The van der Waals surface area contributed by atoms with Gasteiger partial charge in [-0.3, -0.25) is 8.97 Å². The molecule has 0 unspecified atom stereocenters. The van der Waals surface area contributed by atoms with E-state index in [2.05, 4.69) is 99.4 Å². The number of aryl methyl sites for hydroxylation is 2. The van der Waals surface area contributed by atoms with Gasteiger partial charge in [0.2, 0.25) is 0 Å². The Kier molecular flexibility index (Phi) is 3.46. The summed E-state index contributed by atoms with van der Waals surface area (Å²) in [5.74, 6) is 0. The topological polar surface area (TPSA) is 9.34 Å². The molecule has 0 saturated carbocycles. The number of halogens is 2. The third kappa shape index (κ3) is 2.04. The summed E-state index contributed by atoms with van der Waals surface area (Å²) in [5.41, 5.74) is 8.13. The average Bonchev–Trinajstić information content (AvgIpc) is 3.12. The van der Waals surface area contributed by atoms with E-state index in [1.807, 2.05) is 0 Å². The van der Waals surface area contributed by atoms with E-state index in [0.29, 0.717) is 0 Å². The zero-order chi connectivity index (χ0) is 18.0. The van der Waals surface area contributed by atoms with E-state index in [0.717, 1.165) is 26.3 Å². The number of nitrogens with zero attached hydrogens (tertiary/aromatic N) is 2. The van der Waals surface area contributed by atoms with Crippen molar-refractivity contribution < 1.29 is 0 Å². The van der Waals surface area contributed by atoms with Crippen LogP contribution in [0.2, 0.25) is 5.02 Å². The first-order valence-corrected chi connectivity index (χ1v) is 9.70. The fraction of sp³-hybridized carbons (Fsp3) is 0.0909. The minimum atomic E-state index is 0.725. The monoisotopic (exact) mass is 422 g/mol. The van der Waals surface area contributed by atoms with Gasteiger partial charge in [-0.05, 0) is 65.7 Å². The summed E-state index contributed by atoms with van der Waals surface area (Å²) in [5, 5.41) is 1.99. The predicted octanol–water partition coefficient (Wildman–Crippen LogP) is 7.07. The Hall–Kier alpha value is -2.23. The molecule has 5 aromatic rings. The van der Waals surface area contributed by atoms with Crippen LogP contribution < -0.4 is 0 Å². The van der Waals surface area contributed by atoms with Gasteiger partial charge in [-0.25, -0.2) is 0 Å². The van der Waals surface area contributed by atoms with E-state index >= 15 is 0 Å². The molecular formula is C22H16BrClN2. The molecule has 0 atom stereocenters. The first-order chi connectivity index (χ1) is 12.6. The molecule has 0 N–H and O–H groups in total. The molecule has 128 valence electrons. The van der Waals surface area contributed by atoms with Crippen LogP contribution in [0, 0.1) is 13.8 Å². The molecule has 0 aliphatic carbocycles. The minimum absolute atomic E-state index is 0.725. The molecule has 2 heterocycles. The molecule has 0 spiro atoms. The molecule has 0 radical (unpaired) electrons. The number of imidazole rings is 1. The number of hydrogen-bond acceptors (Lipinski definition) is 0. The third-order valence-electron chi connectivity index (χ3n) is 5.07. The number of para-hydroxylation sites is 3. The molecular weight excluding hydrogens is 408 g/mol. The molecule has 0 aliphatic rings. The molecule has 3 aromatic carbocycles. The van der Waals surface area contributed by atoms with Gasteiger partial charge in [-0.1, -0.05) is 41.9 Å². The van der Waals surface area contributed by atoms with Crippen molar-refractivity contribution in [3.05, 3.63) is 81.3 Å². The molecule has 0 amide bonds. The molecule has 2 aromatic heterocycles. The highest BCUT2D eigenvalue weighted by Crippen LogP contribution is 2.38. The van der Waals surface area contributed by atoms with Crippen LogP contribution in [0.15, 0.2) is 65.1 Å². The minimum Gasteiger partial charge on any atom is -0.293 e. The average molecular weight is 424 g/mol. The molecule has 2 nitrogen and oxygen atoms in total. The molecule has 0 aliphatic heterocycles. The summed E-state index contributed by atoms with van der Waals surface area (Å²) >= 11 is 10.3. The van der Waals surface area contributed by atoms with Crippen LogP contribution in [0.3, 0.4) is 0 Å². The van der Waals surface area contributed by atoms with Gasteiger partial charge in [0, 0.05) is 15.4 Å². The van der Waals surface area contributed by atoms with Gasteiger partial charge in [0.1, 0.15) is 5.65 Å². The zero-order valence-corrected chi connectivity index (χ0v) is 16.8. The zero-order valence-electron chi connectivity index (χ0n) is 14.4. The van der Waals surface area contributed by atoms with Crippen LogP contribution in [0.25, 0.3) is 33.3 Å². The third-order valence-corrected chi connectivity index (χ3v) is 6.32. The predicted molar refractivity (Wildman–Crippen MR) is 114 cm³/mol. The Bertz CT molecular complexity index is 1330. The fourth-order valence-electron chi connectivity index (χ4n) is 3.97. The number of rotatable bonds is 1. The van der Waals surface area contributed by atoms with Crippen molar-refractivity contribution in [2.24, 2.45) is 0 Å². The second-order valence-corrected chi connectivity index (χ2v) is 7.94. The van der Waals surface area contributed by atoms with E-state index < -0.39 is 0 Å². The van der Waals surface area contributed by atoms with Crippen molar-refractivity contribution in [3.8, 4) is 5.69 Å². The van der Waals surface area contributed by atoms with Crippen molar-refractivity contribution in [2.75, 3.05) is 0 Å². The van der Waals surface area contributed by atoms with E-state index in [1.54, 1.807) is 0 Å². The lowest BCUT2D eigenvalue weighted by molar-refractivity contribution is 1.13. The summed E-state index contributed by atoms with van der Waals surface area (Å²) in [7, 11) is 0. The van der Waals surface area contributed by atoms with Crippen molar-refractivity contribution in [2.45, 2.75) is 13.8 Å². The highest BCUT2D eigenvalue weighted by molar-refractivity contribution is 9.10. The highest BCUT2D eigenvalue weighted by Gasteiger charge is 2.20. The van der Waals surface area contributed by atoms with Crippen LogP contribution >= 0.6 is 27.5 Å². The Morgan fingerprint density at radius 1 is 0.846 bits per heavy atom. The SMILES string of the molecule is Cc1cc(Br)c(Cl)c(-n2c3ccccc3n3c4ccccc4c(C)c23)c1. The first-order valence-electron chi connectivity index (χ1n) is 8.53. The quantitative estimate of drug-likeness (QED) is 0.273. The van der Waals surface area contributed by atoms with E-state index in [4.69, 9.17) is 11.6 Å². The maximum absolute atomic E-state index is 6.73. The van der Waals surface area contributed by atoms with Gasteiger partial charge in [-0.2, -0.15) is 0 Å². The van der Waals surface area contributed by atoms with Gasteiger partial charge in [0.15, 0.2) is 0 Å². The van der Waals surface area contributed by atoms with Crippen molar-refractivity contribution in [1.82, 2.24) is 8.97 Å². The maximum atomic E-state index is 6.73. The van der Waals surface area contributed by atoms with Crippen molar-refractivity contribution in [1.29, 1.82) is 0 Å². The van der Waals surface area contributed by atoms with Crippen LogP contribution in [0.1, 0.15) is 11.1 Å². The summed E-state index contributed by atoms with van der Waals surface area (Å²) in [6.07, 6.45) is 0. The summed E-state index contributed by atoms with van der Waals surface area (Å²) in [6.45, 7) is 4.28. The van der Waals surface area contributed by atoms with Crippen molar-refractivity contribution >= 4 is 55.1 Å². The normalized spacial score (nSPS) is 11.8. The van der Waals surface area contributed by atoms with Crippen LogP contribution in [0.5, 0.6) is 0 Å². The Labute approximate surface area is 164 Å². The molecule has 0 saturated heterocycles. The number of hydrogen-bond donors (Lipinski definition) is 0. The fourth-order valence-corrected chi connectivity index (χ4v) is 4.73. The lowest BCUT2D eigenvalue weighted by atomic mass is 10.1. The number of benzene rings is 3. The Balaban J connectivity index is 2.09. The molecule has 0 fully saturated rings. The van der Waals surface area contributed by atoms with Gasteiger partial charge in [0.25, 0.3) is 0 Å². The second kappa shape index (κ2) is 5.63. The Morgan fingerprint density at radius 2 is 1.50 bits per heavy atom. The summed E-state index contributed by atoms with van der Waals surface area (Å²) in [4.78, 5) is 0. The van der Waals surface area contributed by atoms with Crippen LogP contribution in [-0.2, 0) is 0 Å². The standard InChI is InChI=1S/C22H16BrClN2/c1-13-11-16(23)21(24)20(12-13)26-19-10-6-5-9-18(19)25-17-8-4-3-7-15(17)14(2)22(25)26/h3-12H,1-2H3. The first kappa shape index (κ1) is 16.0. The largest absolute Gasteiger partial charge is 0.293 e. The summed E-state index contributed by atoms with van der Waals surface area (Å²) < 4.78 is 5.54. The maximum Gasteiger partial charge on any atom is 0.126 e. The van der Waals surface area contributed by atoms with Gasteiger partial charge in [0.05, 0.1) is 27.3 Å². The van der Waals surface area contributed by atoms with E-state index in [9.17, 15) is 0 Å². The lowest BCUT2D eigenvalue weighted by Crippen LogP contribution is -1.97. The molecule has 0 bridgehead atoms. The molecule has 26 heavy (non-hydrogen) atoms. The summed E-state index contributed by atoms with van der Waals surface area (Å²) in [6, 6.07) is 21.2. The number of fused-ring (bicyclic) bond motifs is 5. The van der Waals surface area contributed by atoms with Crippen LogP contribution in [-0.4, -0.2) is 8.97 Å².